The fourth-order valence-corrected chi connectivity index (χ4v) is 3.89. The van der Waals surface area contributed by atoms with Crippen molar-refractivity contribution >= 4 is 23.2 Å². The van der Waals surface area contributed by atoms with Crippen LogP contribution in [0.5, 0.6) is 0 Å². The molecule has 0 saturated heterocycles. The van der Waals surface area contributed by atoms with E-state index in [9.17, 15) is 5.11 Å². The standard InChI is InChI=1S/C24H21Cl2N2O.ClH/c25-21-10-11-22(23(26)14-21)24(29)16-28-13-12-27(17-28)15-18-6-8-20(9-7-18)19-4-2-1-3-5-19;/h1-14,17,24,29H,15-16H2;1H/q+1;/p-1. The van der Waals surface area contributed by atoms with Crippen molar-refractivity contribution in [3.63, 3.8) is 0 Å². The van der Waals surface area contributed by atoms with E-state index >= 15 is 0 Å². The third-order valence-corrected chi connectivity index (χ3v) is 5.44. The van der Waals surface area contributed by atoms with Gasteiger partial charge < -0.3 is 17.5 Å². The Morgan fingerprint density at radius 3 is 2.30 bits per heavy atom. The Balaban J connectivity index is 0.00000256. The van der Waals surface area contributed by atoms with E-state index in [0.29, 0.717) is 22.2 Å². The van der Waals surface area contributed by atoms with Gasteiger partial charge in [-0.3, -0.25) is 0 Å². The summed E-state index contributed by atoms with van der Waals surface area (Å²) in [7, 11) is 0. The highest BCUT2D eigenvalue weighted by Crippen LogP contribution is 2.27. The number of imidazole rings is 1. The van der Waals surface area contributed by atoms with Crippen LogP contribution < -0.4 is 17.0 Å². The lowest BCUT2D eigenvalue weighted by Crippen LogP contribution is -3.00. The van der Waals surface area contributed by atoms with Crippen molar-refractivity contribution in [2.45, 2.75) is 19.2 Å². The maximum absolute atomic E-state index is 10.5. The molecule has 0 radical (unpaired) electrons. The largest absolute Gasteiger partial charge is 1.00 e. The molecule has 0 spiro atoms. The Kier molecular flexibility index (Phi) is 7.57. The van der Waals surface area contributed by atoms with E-state index in [1.807, 2.05) is 41.5 Å². The van der Waals surface area contributed by atoms with Gasteiger partial charge in [-0.05, 0) is 28.8 Å². The molecule has 0 amide bonds. The zero-order valence-electron chi connectivity index (χ0n) is 16.1. The second-order valence-electron chi connectivity index (χ2n) is 7.03. The van der Waals surface area contributed by atoms with Crippen LogP contribution in [0, 0.1) is 0 Å². The van der Waals surface area contributed by atoms with Gasteiger partial charge in [-0.1, -0.05) is 83.9 Å². The lowest BCUT2D eigenvalue weighted by Gasteiger charge is -2.10. The van der Waals surface area contributed by atoms with Crippen LogP contribution in [0.4, 0.5) is 0 Å². The zero-order valence-corrected chi connectivity index (χ0v) is 18.4. The van der Waals surface area contributed by atoms with Crippen LogP contribution in [0.15, 0.2) is 91.5 Å². The quantitative estimate of drug-likeness (QED) is 0.441. The van der Waals surface area contributed by atoms with Crippen molar-refractivity contribution in [2.75, 3.05) is 0 Å². The van der Waals surface area contributed by atoms with E-state index in [1.54, 1.807) is 18.2 Å². The first kappa shape index (κ1) is 22.4. The molecule has 6 heteroatoms. The first-order chi connectivity index (χ1) is 14.1. The first-order valence-corrected chi connectivity index (χ1v) is 10.2. The normalized spacial score (nSPS) is 11.7. The number of hydrogen-bond acceptors (Lipinski definition) is 1. The van der Waals surface area contributed by atoms with Gasteiger partial charge in [0.15, 0.2) is 0 Å². The molecule has 0 aliphatic heterocycles. The minimum atomic E-state index is -0.703. The van der Waals surface area contributed by atoms with Gasteiger partial charge in [-0.25, -0.2) is 9.13 Å². The molecular formula is C24H21Cl3N2O. The smallest absolute Gasteiger partial charge is 0.244 e. The molecule has 30 heavy (non-hydrogen) atoms. The van der Waals surface area contributed by atoms with Gasteiger partial charge in [0.05, 0.1) is 0 Å². The average molecular weight is 460 g/mol. The SMILES string of the molecule is OC(Cn1cc[n+](Cc2ccc(-c3ccccc3)cc2)c1)c1ccc(Cl)cc1Cl.[Cl-]. The minimum absolute atomic E-state index is 0. The summed E-state index contributed by atoms with van der Waals surface area (Å²) in [6.07, 6.45) is 5.23. The van der Waals surface area contributed by atoms with Gasteiger partial charge in [-0.2, -0.15) is 0 Å². The minimum Gasteiger partial charge on any atom is -1.00 e. The molecule has 154 valence electrons. The van der Waals surface area contributed by atoms with Crippen molar-refractivity contribution in [1.82, 2.24) is 4.57 Å². The molecule has 0 saturated carbocycles. The van der Waals surface area contributed by atoms with Crippen LogP contribution in [0.2, 0.25) is 10.0 Å². The predicted octanol–water partition coefficient (Wildman–Crippen LogP) is 2.54. The maximum Gasteiger partial charge on any atom is 0.244 e. The number of halogens is 3. The first-order valence-electron chi connectivity index (χ1n) is 9.41. The van der Waals surface area contributed by atoms with Crippen LogP contribution >= 0.6 is 23.2 Å². The molecule has 3 aromatic carbocycles. The molecule has 4 rings (SSSR count). The van der Waals surface area contributed by atoms with Gasteiger partial charge in [0.25, 0.3) is 0 Å². The Morgan fingerprint density at radius 2 is 1.60 bits per heavy atom. The number of aliphatic hydroxyl groups is 1. The second-order valence-corrected chi connectivity index (χ2v) is 7.87. The molecule has 3 nitrogen and oxygen atoms in total. The van der Waals surface area contributed by atoms with E-state index < -0.39 is 6.10 Å². The molecule has 0 aliphatic rings. The highest BCUT2D eigenvalue weighted by Gasteiger charge is 2.16. The number of aromatic nitrogens is 2. The second kappa shape index (κ2) is 10.1. The highest BCUT2D eigenvalue weighted by molar-refractivity contribution is 6.35. The third-order valence-electron chi connectivity index (χ3n) is 4.88. The molecule has 1 unspecified atom stereocenters. The summed E-state index contributed by atoms with van der Waals surface area (Å²) >= 11 is 12.1. The molecule has 1 aromatic heterocycles. The molecule has 1 heterocycles. The van der Waals surface area contributed by atoms with Gasteiger partial charge in [0, 0.05) is 15.6 Å². The lowest BCUT2D eigenvalue weighted by atomic mass is 10.0. The summed E-state index contributed by atoms with van der Waals surface area (Å²) in [6.45, 7) is 1.18. The number of aliphatic hydroxyl groups excluding tert-OH is 1. The van der Waals surface area contributed by atoms with Crippen LogP contribution in [0.25, 0.3) is 11.1 Å². The molecule has 1 atom stereocenters. The molecule has 0 aliphatic carbocycles. The van der Waals surface area contributed by atoms with Gasteiger partial charge >= 0.3 is 0 Å². The third kappa shape index (κ3) is 5.44. The van der Waals surface area contributed by atoms with E-state index in [1.165, 1.54) is 16.7 Å². The molecule has 4 aromatic rings. The Morgan fingerprint density at radius 1 is 0.900 bits per heavy atom. The van der Waals surface area contributed by atoms with Crippen LogP contribution in [0.3, 0.4) is 0 Å². The average Bonchev–Trinajstić information content (AvgIpc) is 3.16. The van der Waals surface area contributed by atoms with Crippen LogP contribution in [-0.2, 0) is 13.1 Å². The van der Waals surface area contributed by atoms with E-state index in [2.05, 4.69) is 41.0 Å². The van der Waals surface area contributed by atoms with Gasteiger partial charge in [-0.15, -0.1) is 0 Å². The summed E-state index contributed by atoms with van der Waals surface area (Å²) in [5.41, 5.74) is 4.31. The monoisotopic (exact) mass is 458 g/mol. The summed E-state index contributed by atoms with van der Waals surface area (Å²) in [5.74, 6) is 0. The van der Waals surface area contributed by atoms with Crippen molar-refractivity contribution in [3.05, 3.63) is 113 Å². The Hall–Kier alpha value is -2.30. The van der Waals surface area contributed by atoms with Crippen molar-refractivity contribution in [2.24, 2.45) is 0 Å². The number of benzene rings is 3. The van der Waals surface area contributed by atoms with Crippen LogP contribution in [0.1, 0.15) is 17.2 Å². The summed E-state index contributed by atoms with van der Waals surface area (Å²) in [4.78, 5) is 0. The maximum atomic E-state index is 10.5. The number of nitrogens with zero attached hydrogens (tertiary/aromatic N) is 2. The van der Waals surface area contributed by atoms with E-state index in [4.69, 9.17) is 23.2 Å². The topological polar surface area (TPSA) is 29.0 Å². The van der Waals surface area contributed by atoms with Gasteiger partial charge in [0.1, 0.15) is 31.6 Å². The Bertz CT molecular complexity index is 1100. The highest BCUT2D eigenvalue weighted by atomic mass is 35.5. The van der Waals surface area contributed by atoms with E-state index in [0.717, 1.165) is 6.54 Å². The molecule has 1 N–H and O–H groups in total. The fraction of sp³-hybridized carbons (Fsp3) is 0.125. The van der Waals surface area contributed by atoms with Crippen molar-refractivity contribution in [3.8, 4) is 11.1 Å². The predicted molar refractivity (Wildman–Crippen MR) is 117 cm³/mol. The molecular weight excluding hydrogens is 439 g/mol. The zero-order chi connectivity index (χ0) is 20.2. The van der Waals surface area contributed by atoms with Crippen molar-refractivity contribution < 1.29 is 22.1 Å². The Labute approximate surface area is 192 Å². The summed E-state index contributed by atoms with van der Waals surface area (Å²) in [6, 6.07) is 24.1. The fourth-order valence-electron chi connectivity index (χ4n) is 3.35. The number of hydrogen-bond donors (Lipinski definition) is 1. The molecule has 0 fully saturated rings. The van der Waals surface area contributed by atoms with Crippen molar-refractivity contribution in [1.29, 1.82) is 0 Å². The molecule has 0 bridgehead atoms. The van der Waals surface area contributed by atoms with E-state index in [-0.39, 0.29) is 12.4 Å². The summed E-state index contributed by atoms with van der Waals surface area (Å²) < 4.78 is 4.04. The van der Waals surface area contributed by atoms with Crippen LogP contribution in [-0.4, -0.2) is 9.67 Å². The number of rotatable bonds is 6. The lowest BCUT2D eigenvalue weighted by molar-refractivity contribution is -0.687. The van der Waals surface area contributed by atoms with Gasteiger partial charge in [0.2, 0.25) is 6.33 Å². The summed E-state index contributed by atoms with van der Waals surface area (Å²) in [5, 5.41) is 11.6.